The minimum Gasteiger partial charge on any atom is -0.372 e. The van der Waals surface area contributed by atoms with Gasteiger partial charge in [-0.25, -0.2) is 0 Å². The number of anilines is 1. The van der Waals surface area contributed by atoms with Crippen LogP contribution in [0.15, 0.2) is 18.2 Å². The molecule has 1 aliphatic rings. The Morgan fingerprint density at radius 1 is 1.26 bits per heavy atom. The normalized spacial score (nSPS) is 16.9. The minimum atomic E-state index is -4.35. The lowest BCUT2D eigenvalue weighted by atomic mass is 10.1. The van der Waals surface area contributed by atoms with E-state index in [0.29, 0.717) is 11.7 Å². The SMILES string of the molecule is CN(c1ccc(CCl)c(C(F)(F)F)c1)C1CCCC1. The monoisotopic (exact) mass is 291 g/mol. The Morgan fingerprint density at radius 3 is 2.42 bits per heavy atom. The van der Waals surface area contributed by atoms with E-state index in [1.807, 2.05) is 11.9 Å². The van der Waals surface area contributed by atoms with Crippen molar-refractivity contribution in [1.29, 1.82) is 0 Å². The number of hydrogen-bond acceptors (Lipinski definition) is 1. The molecule has 106 valence electrons. The highest BCUT2D eigenvalue weighted by molar-refractivity contribution is 6.17. The molecule has 5 heteroatoms. The second kappa shape index (κ2) is 5.61. The molecule has 0 atom stereocenters. The summed E-state index contributed by atoms with van der Waals surface area (Å²) >= 11 is 5.58. The van der Waals surface area contributed by atoms with Crippen LogP contribution >= 0.6 is 11.6 Å². The van der Waals surface area contributed by atoms with Crippen LogP contribution in [-0.2, 0) is 12.1 Å². The maximum absolute atomic E-state index is 13.0. The first kappa shape index (κ1) is 14.5. The molecule has 0 heterocycles. The van der Waals surface area contributed by atoms with Gasteiger partial charge in [0.05, 0.1) is 5.56 Å². The van der Waals surface area contributed by atoms with Gasteiger partial charge in [-0.15, -0.1) is 11.6 Å². The molecule has 1 aromatic carbocycles. The molecule has 1 nitrogen and oxygen atoms in total. The highest BCUT2D eigenvalue weighted by Gasteiger charge is 2.34. The van der Waals surface area contributed by atoms with E-state index in [1.54, 1.807) is 6.07 Å². The van der Waals surface area contributed by atoms with Crippen LogP contribution in [0.1, 0.15) is 36.8 Å². The Balaban J connectivity index is 2.31. The molecule has 0 bridgehead atoms. The number of rotatable bonds is 3. The van der Waals surface area contributed by atoms with Crippen LogP contribution < -0.4 is 4.90 Å². The van der Waals surface area contributed by atoms with Crippen molar-refractivity contribution in [3.05, 3.63) is 29.3 Å². The molecule has 1 saturated carbocycles. The maximum atomic E-state index is 13.0. The maximum Gasteiger partial charge on any atom is 0.416 e. The molecule has 0 unspecified atom stereocenters. The third-order valence-corrected chi connectivity index (χ3v) is 4.11. The Kier molecular flexibility index (Phi) is 4.29. The van der Waals surface area contributed by atoms with Gasteiger partial charge < -0.3 is 4.90 Å². The Labute approximate surface area is 116 Å². The quantitative estimate of drug-likeness (QED) is 0.722. The van der Waals surface area contributed by atoms with E-state index < -0.39 is 11.7 Å². The van der Waals surface area contributed by atoms with Crippen LogP contribution in [0, 0.1) is 0 Å². The summed E-state index contributed by atoms with van der Waals surface area (Å²) in [6.45, 7) is 0. The summed E-state index contributed by atoms with van der Waals surface area (Å²) in [6.07, 6.45) is 0.0583. The van der Waals surface area contributed by atoms with Gasteiger partial charge in [-0.3, -0.25) is 0 Å². The van der Waals surface area contributed by atoms with Gasteiger partial charge in [-0.2, -0.15) is 13.2 Å². The predicted molar refractivity (Wildman–Crippen MR) is 71.7 cm³/mol. The third kappa shape index (κ3) is 3.16. The number of nitrogens with zero attached hydrogens (tertiary/aromatic N) is 1. The fraction of sp³-hybridized carbons (Fsp3) is 0.571. The largest absolute Gasteiger partial charge is 0.416 e. The van der Waals surface area contributed by atoms with Gasteiger partial charge in [0.15, 0.2) is 0 Å². The summed E-state index contributed by atoms with van der Waals surface area (Å²) in [5, 5.41) is 0. The van der Waals surface area contributed by atoms with Crippen LogP contribution in [-0.4, -0.2) is 13.1 Å². The summed E-state index contributed by atoms with van der Waals surface area (Å²) < 4.78 is 38.9. The first-order valence-electron chi connectivity index (χ1n) is 6.42. The molecule has 19 heavy (non-hydrogen) atoms. The predicted octanol–water partition coefficient (Wildman–Crippen LogP) is 4.82. The van der Waals surface area contributed by atoms with Crippen molar-refractivity contribution in [3.8, 4) is 0 Å². The molecule has 0 amide bonds. The third-order valence-electron chi connectivity index (χ3n) is 3.82. The Morgan fingerprint density at radius 2 is 1.89 bits per heavy atom. The average Bonchev–Trinajstić information content (AvgIpc) is 2.90. The Hall–Kier alpha value is -0.900. The first-order valence-corrected chi connectivity index (χ1v) is 6.96. The van der Waals surface area contributed by atoms with Crippen molar-refractivity contribution in [2.45, 2.75) is 43.8 Å². The zero-order valence-electron chi connectivity index (χ0n) is 10.8. The fourth-order valence-corrected chi connectivity index (χ4v) is 2.90. The van der Waals surface area contributed by atoms with Crippen LogP contribution in [0.3, 0.4) is 0 Å². The number of alkyl halides is 4. The first-order chi connectivity index (χ1) is 8.93. The molecular weight excluding hydrogens is 275 g/mol. The van der Waals surface area contributed by atoms with Gasteiger partial charge in [0.2, 0.25) is 0 Å². The zero-order chi connectivity index (χ0) is 14.0. The van der Waals surface area contributed by atoms with Crippen molar-refractivity contribution in [2.75, 3.05) is 11.9 Å². The van der Waals surface area contributed by atoms with Crippen molar-refractivity contribution in [2.24, 2.45) is 0 Å². The van der Waals surface area contributed by atoms with E-state index in [-0.39, 0.29) is 11.4 Å². The van der Waals surface area contributed by atoms with Crippen LogP contribution in [0.25, 0.3) is 0 Å². The molecule has 2 rings (SSSR count). The summed E-state index contributed by atoms with van der Waals surface area (Å²) in [4.78, 5) is 1.96. The topological polar surface area (TPSA) is 3.24 Å². The van der Waals surface area contributed by atoms with Crippen molar-refractivity contribution < 1.29 is 13.2 Å². The molecule has 1 aliphatic carbocycles. The van der Waals surface area contributed by atoms with Crippen molar-refractivity contribution in [3.63, 3.8) is 0 Å². The lowest BCUT2D eigenvalue weighted by molar-refractivity contribution is -0.138. The highest BCUT2D eigenvalue weighted by Crippen LogP contribution is 2.36. The van der Waals surface area contributed by atoms with Gasteiger partial charge in [-0.05, 0) is 30.5 Å². The molecule has 1 aromatic rings. The number of hydrogen-bond donors (Lipinski definition) is 0. The lowest BCUT2D eigenvalue weighted by Gasteiger charge is -2.27. The molecule has 1 fully saturated rings. The van der Waals surface area contributed by atoms with Gasteiger partial charge in [0, 0.05) is 24.7 Å². The number of halogens is 4. The van der Waals surface area contributed by atoms with E-state index in [4.69, 9.17) is 11.6 Å². The van der Waals surface area contributed by atoms with Gasteiger partial charge in [0.25, 0.3) is 0 Å². The van der Waals surface area contributed by atoms with Gasteiger partial charge >= 0.3 is 6.18 Å². The second-order valence-corrected chi connectivity index (χ2v) is 5.29. The molecule has 0 N–H and O–H groups in total. The molecule has 0 aromatic heterocycles. The van der Waals surface area contributed by atoms with E-state index >= 15 is 0 Å². The van der Waals surface area contributed by atoms with Crippen LogP contribution in [0.4, 0.5) is 18.9 Å². The van der Waals surface area contributed by atoms with Crippen LogP contribution in [0.5, 0.6) is 0 Å². The molecule has 0 aliphatic heterocycles. The average molecular weight is 292 g/mol. The zero-order valence-corrected chi connectivity index (χ0v) is 11.6. The molecule has 0 saturated heterocycles. The second-order valence-electron chi connectivity index (χ2n) is 5.02. The van der Waals surface area contributed by atoms with Crippen molar-refractivity contribution >= 4 is 17.3 Å². The van der Waals surface area contributed by atoms with Crippen LogP contribution in [0.2, 0.25) is 0 Å². The smallest absolute Gasteiger partial charge is 0.372 e. The highest BCUT2D eigenvalue weighted by atomic mass is 35.5. The fourth-order valence-electron chi connectivity index (χ4n) is 2.67. The summed E-state index contributed by atoms with van der Waals surface area (Å²) in [6, 6.07) is 4.78. The van der Waals surface area contributed by atoms with E-state index in [2.05, 4.69) is 0 Å². The number of benzene rings is 1. The standard InChI is InChI=1S/C14H17ClF3N/c1-19(11-4-2-3-5-11)12-7-6-10(9-15)13(8-12)14(16,17)18/h6-8,11H,2-5,9H2,1H3. The minimum absolute atomic E-state index is 0.123. The molecule has 0 radical (unpaired) electrons. The van der Waals surface area contributed by atoms with Gasteiger partial charge in [-0.1, -0.05) is 18.9 Å². The lowest BCUT2D eigenvalue weighted by Crippen LogP contribution is -2.29. The molecule has 0 spiro atoms. The van der Waals surface area contributed by atoms with E-state index in [9.17, 15) is 13.2 Å². The summed E-state index contributed by atoms with van der Waals surface area (Å²) in [5.74, 6) is -0.123. The van der Waals surface area contributed by atoms with Gasteiger partial charge in [0.1, 0.15) is 0 Å². The Bertz CT molecular complexity index is 439. The summed E-state index contributed by atoms with van der Waals surface area (Å²) in [5.41, 5.74) is 0.135. The van der Waals surface area contributed by atoms with E-state index in [0.717, 1.165) is 25.7 Å². The molecular formula is C14H17ClF3N. The summed E-state index contributed by atoms with van der Waals surface area (Å²) in [7, 11) is 1.87. The van der Waals surface area contributed by atoms with E-state index in [1.165, 1.54) is 12.1 Å². The van der Waals surface area contributed by atoms with Crippen molar-refractivity contribution in [1.82, 2.24) is 0 Å².